The smallest absolute Gasteiger partial charge is 0.243 e. The lowest BCUT2D eigenvalue weighted by atomic mass is 9.95. The quantitative estimate of drug-likeness (QED) is 0.606. The van der Waals surface area contributed by atoms with Crippen LogP contribution >= 0.6 is 0 Å². The minimum absolute atomic E-state index is 0.0907. The zero-order valence-electron chi connectivity index (χ0n) is 22.1. The maximum Gasteiger partial charge on any atom is 0.243 e. The van der Waals surface area contributed by atoms with E-state index in [2.05, 4.69) is 19.2 Å². The summed E-state index contributed by atoms with van der Waals surface area (Å²) in [6, 6.07) is 16.1. The van der Waals surface area contributed by atoms with Gasteiger partial charge in [0.25, 0.3) is 0 Å². The molecule has 2 aromatic carbocycles. The summed E-state index contributed by atoms with van der Waals surface area (Å²) in [5.74, 6) is -1.09. The highest BCUT2D eigenvalue weighted by Gasteiger charge is 2.41. The predicted octanol–water partition coefficient (Wildman–Crippen LogP) is 2.65. The van der Waals surface area contributed by atoms with Crippen LogP contribution in [0.3, 0.4) is 0 Å². The van der Waals surface area contributed by atoms with E-state index in [1.807, 2.05) is 54.6 Å². The van der Waals surface area contributed by atoms with Crippen molar-refractivity contribution in [3.63, 3.8) is 0 Å². The lowest BCUT2D eigenvalue weighted by Gasteiger charge is -2.35. The van der Waals surface area contributed by atoms with Crippen molar-refractivity contribution in [3.05, 3.63) is 71.3 Å². The topological polar surface area (TPSA) is 90.0 Å². The summed E-state index contributed by atoms with van der Waals surface area (Å²) in [4.78, 5) is 54.8. The number of amides is 4. The molecule has 8 nitrogen and oxygen atoms in total. The number of rotatable bonds is 7. The van der Waals surface area contributed by atoms with E-state index in [0.29, 0.717) is 12.5 Å². The molecule has 0 aromatic heterocycles. The van der Waals surface area contributed by atoms with Gasteiger partial charge in [-0.2, -0.15) is 0 Å². The van der Waals surface area contributed by atoms with E-state index >= 15 is 0 Å². The number of likely N-dealkylation sites (tertiary alicyclic amines) is 1. The summed E-state index contributed by atoms with van der Waals surface area (Å²) in [6.07, 6.45) is -1.43. The van der Waals surface area contributed by atoms with Crippen LogP contribution in [0.2, 0.25) is 0 Å². The SMILES string of the molecule is CC(=O)N1CCN(CC(=O)N2C[C@H](F)C[C@H]2C(=O)N[C@@H](c2ccccc2)c2ccc(C(C)C)cc2)C(=O)C1. The monoisotopic (exact) mass is 522 g/mol. The Bertz CT molecular complexity index is 1170. The number of halogens is 1. The van der Waals surface area contributed by atoms with Crippen LogP contribution in [0.1, 0.15) is 55.8 Å². The van der Waals surface area contributed by atoms with Gasteiger partial charge in [-0.25, -0.2) is 4.39 Å². The molecule has 2 saturated heterocycles. The standard InChI is InChI=1S/C29H35FN4O4/c1-19(2)21-9-11-23(12-10-21)28(22-7-5-4-6-8-22)31-29(38)25-15-24(30)16-34(25)27(37)18-33-14-13-32(20(3)35)17-26(33)36/h4-12,19,24-25,28H,13-18H2,1-3H3,(H,31,38)/t24-,25+,28+/m1/s1. The van der Waals surface area contributed by atoms with E-state index in [1.54, 1.807) is 0 Å². The molecule has 2 aromatic rings. The second kappa shape index (κ2) is 11.8. The average Bonchev–Trinajstić information content (AvgIpc) is 3.30. The molecule has 38 heavy (non-hydrogen) atoms. The molecule has 0 spiro atoms. The molecule has 2 heterocycles. The molecule has 4 amide bonds. The van der Waals surface area contributed by atoms with Crippen molar-refractivity contribution in [3.8, 4) is 0 Å². The van der Waals surface area contributed by atoms with Crippen molar-refractivity contribution in [1.29, 1.82) is 0 Å². The molecule has 1 N–H and O–H groups in total. The van der Waals surface area contributed by atoms with Crippen LogP contribution in [-0.4, -0.2) is 83.3 Å². The van der Waals surface area contributed by atoms with Crippen LogP contribution < -0.4 is 5.32 Å². The van der Waals surface area contributed by atoms with Crippen LogP contribution in [0.15, 0.2) is 54.6 Å². The van der Waals surface area contributed by atoms with Gasteiger partial charge in [0.05, 0.1) is 25.7 Å². The van der Waals surface area contributed by atoms with Crippen molar-refractivity contribution >= 4 is 23.6 Å². The average molecular weight is 523 g/mol. The predicted molar refractivity (Wildman–Crippen MR) is 141 cm³/mol. The normalized spacial score (nSPS) is 20.6. The summed E-state index contributed by atoms with van der Waals surface area (Å²) in [5.41, 5.74) is 2.94. The Morgan fingerprint density at radius 2 is 1.61 bits per heavy atom. The minimum atomic E-state index is -1.33. The van der Waals surface area contributed by atoms with Crippen molar-refractivity contribution in [2.75, 3.05) is 32.7 Å². The number of nitrogens with zero attached hydrogens (tertiary/aromatic N) is 3. The van der Waals surface area contributed by atoms with E-state index < -0.39 is 30.1 Å². The summed E-state index contributed by atoms with van der Waals surface area (Å²) >= 11 is 0. The molecule has 202 valence electrons. The van der Waals surface area contributed by atoms with E-state index in [4.69, 9.17) is 0 Å². The maximum absolute atomic E-state index is 14.5. The minimum Gasteiger partial charge on any atom is -0.343 e. The molecule has 0 unspecified atom stereocenters. The number of nitrogens with one attached hydrogen (secondary N) is 1. The first kappa shape index (κ1) is 27.3. The zero-order chi connectivity index (χ0) is 27.4. The molecule has 4 rings (SSSR count). The lowest BCUT2D eigenvalue weighted by Crippen LogP contribution is -2.55. The molecular weight excluding hydrogens is 487 g/mol. The number of carbonyl (C=O) groups is 4. The second-order valence-corrected chi connectivity index (χ2v) is 10.3. The van der Waals surface area contributed by atoms with Gasteiger partial charge in [0.1, 0.15) is 12.2 Å². The maximum atomic E-state index is 14.5. The summed E-state index contributed by atoms with van der Waals surface area (Å²) in [7, 11) is 0. The molecule has 2 aliphatic heterocycles. The second-order valence-electron chi connectivity index (χ2n) is 10.3. The van der Waals surface area contributed by atoms with Crippen LogP contribution in [0.25, 0.3) is 0 Å². The Kier molecular flexibility index (Phi) is 8.44. The molecular formula is C29H35FN4O4. The van der Waals surface area contributed by atoms with Crippen LogP contribution in [0, 0.1) is 0 Å². The Hall–Kier alpha value is -3.75. The van der Waals surface area contributed by atoms with E-state index in [1.165, 1.54) is 27.2 Å². The van der Waals surface area contributed by atoms with Crippen molar-refractivity contribution in [2.45, 2.75) is 51.4 Å². The molecule has 2 aliphatic rings. The number of carbonyl (C=O) groups excluding carboxylic acids is 4. The first-order valence-electron chi connectivity index (χ1n) is 13.1. The fourth-order valence-electron chi connectivity index (χ4n) is 5.02. The van der Waals surface area contributed by atoms with Gasteiger partial charge in [-0.05, 0) is 22.6 Å². The van der Waals surface area contributed by atoms with Gasteiger partial charge in [-0.15, -0.1) is 0 Å². The van der Waals surface area contributed by atoms with Gasteiger partial charge in [-0.3, -0.25) is 19.2 Å². The highest BCUT2D eigenvalue weighted by Crippen LogP contribution is 2.27. The molecule has 0 radical (unpaired) electrons. The van der Waals surface area contributed by atoms with Crippen molar-refractivity contribution in [2.24, 2.45) is 0 Å². The van der Waals surface area contributed by atoms with Crippen LogP contribution in [0.5, 0.6) is 0 Å². The van der Waals surface area contributed by atoms with Gasteiger partial charge >= 0.3 is 0 Å². The first-order valence-corrected chi connectivity index (χ1v) is 13.1. The fraction of sp³-hybridized carbons (Fsp3) is 0.448. The van der Waals surface area contributed by atoms with Gasteiger partial charge in [-0.1, -0.05) is 68.4 Å². The number of hydrogen-bond acceptors (Lipinski definition) is 4. The Morgan fingerprint density at radius 1 is 0.974 bits per heavy atom. The number of benzene rings is 2. The van der Waals surface area contributed by atoms with Crippen molar-refractivity contribution in [1.82, 2.24) is 20.0 Å². The molecule has 3 atom stereocenters. The number of piperazine rings is 1. The zero-order valence-corrected chi connectivity index (χ0v) is 22.1. The highest BCUT2D eigenvalue weighted by atomic mass is 19.1. The molecule has 0 aliphatic carbocycles. The van der Waals surface area contributed by atoms with E-state index in [0.717, 1.165) is 11.1 Å². The van der Waals surface area contributed by atoms with Crippen LogP contribution in [-0.2, 0) is 19.2 Å². The van der Waals surface area contributed by atoms with Crippen molar-refractivity contribution < 1.29 is 23.6 Å². The van der Waals surface area contributed by atoms with Crippen LogP contribution in [0.4, 0.5) is 4.39 Å². The lowest BCUT2D eigenvalue weighted by molar-refractivity contribution is -0.149. The summed E-state index contributed by atoms with van der Waals surface area (Å²) in [5, 5.41) is 3.05. The number of alkyl halides is 1. The first-order chi connectivity index (χ1) is 18.1. The Labute approximate surface area is 222 Å². The summed E-state index contributed by atoms with van der Waals surface area (Å²) < 4.78 is 14.5. The van der Waals surface area contributed by atoms with Gasteiger partial charge in [0.15, 0.2) is 0 Å². The molecule has 0 bridgehead atoms. The Balaban J connectivity index is 1.49. The highest BCUT2D eigenvalue weighted by molar-refractivity contribution is 5.92. The van der Waals surface area contributed by atoms with Gasteiger partial charge < -0.3 is 20.0 Å². The third-order valence-electron chi connectivity index (χ3n) is 7.32. The van der Waals surface area contributed by atoms with E-state index in [-0.39, 0.29) is 44.4 Å². The largest absolute Gasteiger partial charge is 0.343 e. The van der Waals surface area contributed by atoms with Gasteiger partial charge in [0, 0.05) is 26.4 Å². The third kappa shape index (κ3) is 6.20. The van der Waals surface area contributed by atoms with E-state index in [9.17, 15) is 23.6 Å². The summed E-state index contributed by atoms with van der Waals surface area (Å²) in [6.45, 7) is 5.63. The number of hydrogen-bond donors (Lipinski definition) is 1. The molecule has 9 heteroatoms. The third-order valence-corrected chi connectivity index (χ3v) is 7.32. The Morgan fingerprint density at radius 3 is 2.21 bits per heavy atom. The molecule has 0 saturated carbocycles. The molecule has 2 fully saturated rings. The van der Waals surface area contributed by atoms with Gasteiger partial charge in [0.2, 0.25) is 23.6 Å². The fourth-order valence-corrected chi connectivity index (χ4v) is 5.02.